The van der Waals surface area contributed by atoms with E-state index in [1.807, 2.05) is 33.8 Å². The summed E-state index contributed by atoms with van der Waals surface area (Å²) in [6.45, 7) is 16.4. The molecule has 0 spiro atoms. The zero-order valence-corrected chi connectivity index (χ0v) is 31.9. The molecule has 6 N–H and O–H groups in total. The Morgan fingerprint density at radius 3 is 2.00 bits per heavy atom. The molecule has 2 aromatic heterocycles. The molecule has 3 heterocycles. The lowest BCUT2D eigenvalue weighted by molar-refractivity contribution is -0.138. The van der Waals surface area contributed by atoms with E-state index in [-0.39, 0.29) is 25.3 Å². The molecule has 1 aliphatic heterocycles. The Balaban J connectivity index is 1.78. The third-order valence-corrected chi connectivity index (χ3v) is 10.0. The first kappa shape index (κ1) is 41.1. The van der Waals surface area contributed by atoms with E-state index in [0.717, 1.165) is 83.4 Å². The topological polar surface area (TPSA) is 156 Å². The van der Waals surface area contributed by atoms with Gasteiger partial charge in [-0.2, -0.15) is 0 Å². The Kier molecular flexibility index (Phi) is 15.5. The van der Waals surface area contributed by atoms with Crippen LogP contribution in [0.4, 0.5) is 0 Å². The van der Waals surface area contributed by atoms with E-state index >= 15 is 0 Å². The summed E-state index contributed by atoms with van der Waals surface area (Å²) in [5.74, 6) is -1.82. The molecule has 51 heavy (non-hydrogen) atoms. The van der Waals surface area contributed by atoms with Gasteiger partial charge in [0.15, 0.2) is 6.29 Å². The SMILES string of the molecule is CC(C)=CCC/C(C)=C/CC/C(C)=C/CC[C@H](O)c1c(C)[nH]c(/C=C2\NC(Cc3[nH]c(C)c(C)c3CCC(=O)O)C(CCC(=O)O)=C2C=O)c1C. The predicted octanol–water partition coefficient (Wildman–Crippen LogP) is 8.74. The van der Waals surface area contributed by atoms with Gasteiger partial charge in [-0.1, -0.05) is 34.9 Å². The summed E-state index contributed by atoms with van der Waals surface area (Å²) in [5.41, 5.74) is 13.0. The summed E-state index contributed by atoms with van der Waals surface area (Å²) in [6.07, 6.45) is 15.3. The number of aryl methyl sites for hydroxylation is 2. The Morgan fingerprint density at radius 2 is 1.39 bits per heavy atom. The molecule has 9 nitrogen and oxygen atoms in total. The van der Waals surface area contributed by atoms with Crippen LogP contribution in [0.25, 0.3) is 6.08 Å². The van der Waals surface area contributed by atoms with Crippen molar-refractivity contribution in [3.8, 4) is 0 Å². The van der Waals surface area contributed by atoms with Crippen LogP contribution in [0.1, 0.15) is 137 Å². The molecule has 0 fully saturated rings. The van der Waals surface area contributed by atoms with Crippen LogP contribution in [0, 0.1) is 27.7 Å². The van der Waals surface area contributed by atoms with Crippen LogP contribution in [0.2, 0.25) is 0 Å². The maximum atomic E-state index is 12.5. The number of nitrogens with one attached hydrogen (secondary N) is 3. The highest BCUT2D eigenvalue weighted by Gasteiger charge is 2.31. The lowest BCUT2D eigenvalue weighted by Crippen LogP contribution is -2.27. The quantitative estimate of drug-likeness (QED) is 0.0596. The Hall–Kier alpha value is -4.37. The number of rotatable bonds is 20. The minimum Gasteiger partial charge on any atom is -0.481 e. The highest BCUT2D eigenvalue weighted by Crippen LogP contribution is 2.34. The normalized spacial score (nSPS) is 16.5. The fourth-order valence-corrected chi connectivity index (χ4v) is 7.04. The second-order valence-electron chi connectivity index (χ2n) is 14.4. The number of allylic oxidation sites excluding steroid dienone is 7. The number of hydrogen-bond acceptors (Lipinski definition) is 5. The zero-order valence-electron chi connectivity index (χ0n) is 31.9. The zero-order chi connectivity index (χ0) is 37.8. The third kappa shape index (κ3) is 11.8. The fraction of sp³-hybridized carbons (Fsp3) is 0.500. The van der Waals surface area contributed by atoms with Crippen molar-refractivity contribution >= 4 is 24.3 Å². The van der Waals surface area contributed by atoms with Gasteiger partial charge in [0.05, 0.1) is 12.1 Å². The first-order valence-corrected chi connectivity index (χ1v) is 18.2. The number of aliphatic hydroxyl groups is 1. The lowest BCUT2D eigenvalue weighted by atomic mass is 9.94. The van der Waals surface area contributed by atoms with Crippen molar-refractivity contribution in [2.24, 2.45) is 0 Å². The lowest BCUT2D eigenvalue weighted by Gasteiger charge is -2.17. The van der Waals surface area contributed by atoms with Gasteiger partial charge in [-0.3, -0.25) is 14.4 Å². The molecule has 0 amide bonds. The monoisotopic (exact) mass is 701 g/mol. The molecule has 2 aromatic rings. The second kappa shape index (κ2) is 19.3. The number of hydrogen-bond donors (Lipinski definition) is 6. The molecule has 0 aliphatic carbocycles. The molecule has 2 atom stereocenters. The average molecular weight is 702 g/mol. The summed E-state index contributed by atoms with van der Waals surface area (Å²) in [5, 5.41) is 33.6. The van der Waals surface area contributed by atoms with Gasteiger partial charge < -0.3 is 30.6 Å². The fourth-order valence-electron chi connectivity index (χ4n) is 7.04. The number of H-pyrrole nitrogens is 2. The molecule has 1 unspecified atom stereocenters. The third-order valence-electron chi connectivity index (χ3n) is 10.0. The van der Waals surface area contributed by atoms with E-state index in [9.17, 15) is 29.7 Å². The number of carboxylic acid groups (broad SMARTS) is 2. The van der Waals surface area contributed by atoms with Gasteiger partial charge in [0, 0.05) is 58.9 Å². The summed E-state index contributed by atoms with van der Waals surface area (Å²) < 4.78 is 0. The Morgan fingerprint density at radius 1 is 0.784 bits per heavy atom. The number of carboxylic acids is 2. The Bertz CT molecular complexity index is 1720. The molecule has 1 aliphatic rings. The van der Waals surface area contributed by atoms with Gasteiger partial charge in [-0.25, -0.2) is 0 Å². The first-order valence-electron chi connectivity index (χ1n) is 18.2. The second-order valence-corrected chi connectivity index (χ2v) is 14.4. The van der Waals surface area contributed by atoms with Crippen LogP contribution in [0.3, 0.4) is 0 Å². The summed E-state index contributed by atoms with van der Waals surface area (Å²) in [7, 11) is 0. The smallest absolute Gasteiger partial charge is 0.303 e. The van der Waals surface area contributed by atoms with Crippen LogP contribution >= 0.6 is 0 Å². The summed E-state index contributed by atoms with van der Waals surface area (Å²) in [6, 6.07) is -0.352. The number of aliphatic hydroxyl groups excluding tert-OH is 1. The molecule has 0 bridgehead atoms. The van der Waals surface area contributed by atoms with E-state index in [1.54, 1.807) is 0 Å². The van der Waals surface area contributed by atoms with Gasteiger partial charge in [0.25, 0.3) is 0 Å². The van der Waals surface area contributed by atoms with Crippen LogP contribution in [0.5, 0.6) is 0 Å². The van der Waals surface area contributed by atoms with E-state index in [0.29, 0.717) is 36.1 Å². The van der Waals surface area contributed by atoms with Gasteiger partial charge in [-0.05, 0) is 135 Å². The highest BCUT2D eigenvalue weighted by atomic mass is 16.4. The molecule has 278 valence electrons. The van der Waals surface area contributed by atoms with Gasteiger partial charge in [0.2, 0.25) is 0 Å². The standard InChI is InChI=1S/C42H59N3O6/c1-25(2)12-9-13-26(3)14-10-15-27(4)16-11-17-39(47)42-29(6)35(44-31(42)8)22-38-34(24-46)33(19-21-41(50)51)37(45-38)23-36-32(18-20-40(48)49)28(5)30(7)43-36/h12,14,16,22,24,37,39,43-45,47H,9-11,13,15,17-21,23H2,1-8H3,(H,48,49)(H,50,51)/b26-14+,27-16+,38-22-/t37?,39-/m0/s1. The molecule has 0 aromatic carbocycles. The number of aromatic nitrogens is 2. The van der Waals surface area contributed by atoms with Crippen molar-refractivity contribution in [3.05, 3.63) is 96.8 Å². The number of aliphatic carboxylic acids is 2. The number of aromatic amines is 2. The largest absolute Gasteiger partial charge is 0.481 e. The summed E-state index contributed by atoms with van der Waals surface area (Å²) in [4.78, 5) is 42.3. The Labute approximate surface area is 303 Å². The van der Waals surface area contributed by atoms with Crippen molar-refractivity contribution in [1.29, 1.82) is 0 Å². The minimum absolute atomic E-state index is 0.000106. The van der Waals surface area contributed by atoms with E-state index < -0.39 is 18.0 Å². The molecular formula is C42H59N3O6. The maximum absolute atomic E-state index is 12.5. The van der Waals surface area contributed by atoms with Crippen LogP contribution < -0.4 is 5.32 Å². The van der Waals surface area contributed by atoms with Gasteiger partial charge >= 0.3 is 11.9 Å². The van der Waals surface area contributed by atoms with Crippen LogP contribution in [0.15, 0.2) is 51.8 Å². The van der Waals surface area contributed by atoms with Crippen LogP contribution in [-0.2, 0) is 27.2 Å². The molecule has 9 heteroatoms. The minimum atomic E-state index is -0.949. The van der Waals surface area contributed by atoms with Gasteiger partial charge in [-0.15, -0.1) is 0 Å². The van der Waals surface area contributed by atoms with Crippen molar-refractivity contribution < 1.29 is 29.7 Å². The van der Waals surface area contributed by atoms with Crippen molar-refractivity contribution in [2.75, 3.05) is 0 Å². The molecule has 0 saturated heterocycles. The van der Waals surface area contributed by atoms with Crippen molar-refractivity contribution in [1.82, 2.24) is 15.3 Å². The number of aldehydes is 1. The van der Waals surface area contributed by atoms with E-state index in [2.05, 4.69) is 61.2 Å². The molecule has 0 radical (unpaired) electrons. The van der Waals surface area contributed by atoms with E-state index in [4.69, 9.17) is 0 Å². The van der Waals surface area contributed by atoms with Crippen LogP contribution in [-0.4, -0.2) is 49.6 Å². The highest BCUT2D eigenvalue weighted by molar-refractivity contribution is 5.87. The number of carbonyl (C=O) groups is 3. The van der Waals surface area contributed by atoms with Crippen molar-refractivity contribution in [3.63, 3.8) is 0 Å². The maximum Gasteiger partial charge on any atom is 0.303 e. The number of carbonyl (C=O) groups excluding carboxylic acids is 1. The molecule has 0 saturated carbocycles. The average Bonchev–Trinajstić information content (AvgIpc) is 3.62. The molecular weight excluding hydrogens is 642 g/mol. The predicted molar refractivity (Wildman–Crippen MR) is 205 cm³/mol. The molecule has 3 rings (SSSR count). The van der Waals surface area contributed by atoms with E-state index in [1.165, 1.54) is 16.7 Å². The summed E-state index contributed by atoms with van der Waals surface area (Å²) >= 11 is 0. The van der Waals surface area contributed by atoms with Gasteiger partial charge in [0.1, 0.15) is 0 Å². The van der Waals surface area contributed by atoms with Crippen molar-refractivity contribution in [2.45, 2.75) is 138 Å². The first-order chi connectivity index (χ1) is 24.1.